The fourth-order valence-corrected chi connectivity index (χ4v) is 2.65. The van der Waals surface area contributed by atoms with E-state index in [1.54, 1.807) is 7.05 Å². The van der Waals surface area contributed by atoms with E-state index in [1.165, 1.54) is 4.31 Å². The maximum atomic E-state index is 12.0. The molecule has 5 nitrogen and oxygen atoms in total. The monoisotopic (exact) mass is 310 g/mol. The summed E-state index contributed by atoms with van der Waals surface area (Å²) in [5, 5.41) is 0. The quantitative estimate of drug-likeness (QED) is 0.597. The van der Waals surface area contributed by atoms with Crippen molar-refractivity contribution in [1.82, 2.24) is 4.31 Å². The lowest BCUT2D eigenvalue weighted by Gasteiger charge is -2.17. The van der Waals surface area contributed by atoms with Gasteiger partial charge in [-0.25, -0.2) is 12.7 Å². The van der Waals surface area contributed by atoms with Crippen molar-refractivity contribution >= 4 is 10.0 Å². The number of nitrogens with zero attached hydrogens (tertiary/aromatic N) is 1. The van der Waals surface area contributed by atoms with Gasteiger partial charge in [0.1, 0.15) is 0 Å². The minimum atomic E-state index is -3.29. The molecule has 0 bridgehead atoms. The molecular formula is C15H22N2O3S. The fourth-order valence-electron chi connectivity index (χ4n) is 1.67. The Hall–Kier alpha value is -1.39. The summed E-state index contributed by atoms with van der Waals surface area (Å²) >= 11 is 0. The van der Waals surface area contributed by atoms with Gasteiger partial charge in [-0.3, -0.25) is 0 Å². The summed E-state index contributed by atoms with van der Waals surface area (Å²) < 4.78 is 30.5. The van der Waals surface area contributed by atoms with E-state index in [4.69, 9.17) is 10.5 Å². The first-order chi connectivity index (χ1) is 9.99. The van der Waals surface area contributed by atoms with Gasteiger partial charge >= 0.3 is 0 Å². The van der Waals surface area contributed by atoms with Crippen LogP contribution in [-0.4, -0.2) is 45.3 Å². The third-order valence-electron chi connectivity index (χ3n) is 2.86. The van der Waals surface area contributed by atoms with E-state index in [9.17, 15) is 8.42 Å². The summed E-state index contributed by atoms with van der Waals surface area (Å²) in [6.07, 6.45) is 0. The van der Waals surface area contributed by atoms with Crippen molar-refractivity contribution in [2.75, 3.05) is 32.6 Å². The highest BCUT2D eigenvalue weighted by Crippen LogP contribution is 2.09. The van der Waals surface area contributed by atoms with Gasteiger partial charge in [0.2, 0.25) is 10.0 Å². The molecule has 0 amide bonds. The van der Waals surface area contributed by atoms with E-state index >= 15 is 0 Å². The van der Waals surface area contributed by atoms with Gasteiger partial charge in [0.05, 0.1) is 18.9 Å². The van der Waals surface area contributed by atoms with Crippen LogP contribution in [-0.2, 0) is 21.3 Å². The Kier molecular flexibility index (Phi) is 7.40. The molecule has 0 aliphatic heterocycles. The topological polar surface area (TPSA) is 72.6 Å². The van der Waals surface area contributed by atoms with E-state index in [0.717, 1.165) is 11.1 Å². The second-order valence-corrected chi connectivity index (χ2v) is 6.67. The number of hydrogen-bond donors (Lipinski definition) is 1. The summed E-state index contributed by atoms with van der Waals surface area (Å²) in [6.45, 7) is 3.23. The minimum Gasteiger partial charge on any atom is -0.381 e. The van der Waals surface area contributed by atoms with Crippen LogP contribution in [0.15, 0.2) is 24.3 Å². The Bertz CT molecular complexity index is 586. The van der Waals surface area contributed by atoms with Crippen molar-refractivity contribution in [1.29, 1.82) is 0 Å². The predicted octanol–water partition coefficient (Wildman–Crippen LogP) is 0.795. The highest BCUT2D eigenvalue weighted by Gasteiger charge is 2.17. The average molecular weight is 310 g/mol. The van der Waals surface area contributed by atoms with Gasteiger partial charge in [-0.2, -0.15) is 0 Å². The average Bonchev–Trinajstić information content (AvgIpc) is 2.46. The molecule has 0 unspecified atom stereocenters. The van der Waals surface area contributed by atoms with Crippen molar-refractivity contribution in [3.63, 3.8) is 0 Å². The van der Waals surface area contributed by atoms with Crippen LogP contribution in [0.4, 0.5) is 0 Å². The second-order valence-electron chi connectivity index (χ2n) is 4.47. The number of benzene rings is 1. The number of hydrogen-bond acceptors (Lipinski definition) is 4. The highest BCUT2D eigenvalue weighted by atomic mass is 32.2. The normalized spacial score (nSPS) is 11.2. The van der Waals surface area contributed by atoms with Crippen LogP contribution in [0, 0.1) is 11.8 Å². The number of ether oxygens (including phenoxy) is 1. The first-order valence-corrected chi connectivity index (χ1v) is 8.40. The molecule has 0 aliphatic rings. The van der Waals surface area contributed by atoms with Crippen molar-refractivity contribution in [2.24, 2.45) is 5.73 Å². The van der Waals surface area contributed by atoms with Crippen LogP contribution >= 0.6 is 0 Å². The summed E-state index contributed by atoms with van der Waals surface area (Å²) in [5.74, 6) is 5.70. The van der Waals surface area contributed by atoms with Crippen LogP contribution < -0.4 is 5.73 Å². The van der Waals surface area contributed by atoms with Crippen molar-refractivity contribution in [2.45, 2.75) is 13.5 Å². The second kappa shape index (κ2) is 8.80. The lowest BCUT2D eigenvalue weighted by atomic mass is 10.1. The zero-order valence-corrected chi connectivity index (χ0v) is 13.3. The van der Waals surface area contributed by atoms with E-state index in [1.807, 2.05) is 31.2 Å². The molecule has 1 rings (SSSR count). The molecule has 1 aromatic carbocycles. The number of rotatable bonds is 7. The van der Waals surface area contributed by atoms with E-state index < -0.39 is 10.0 Å². The van der Waals surface area contributed by atoms with Gasteiger partial charge in [-0.1, -0.05) is 24.0 Å². The molecule has 0 aromatic heterocycles. The van der Waals surface area contributed by atoms with Gasteiger partial charge in [0, 0.05) is 25.8 Å². The van der Waals surface area contributed by atoms with E-state index in [-0.39, 0.29) is 12.4 Å². The third kappa shape index (κ3) is 6.27. The number of nitrogens with two attached hydrogens (primary N) is 1. The van der Waals surface area contributed by atoms with Crippen LogP contribution in [0.5, 0.6) is 0 Å². The molecule has 1 aromatic rings. The SMILES string of the molecule is CCOCCS(=O)(=O)N(C)Cc1ccc(C#CCN)cc1. The molecule has 2 N–H and O–H groups in total. The lowest BCUT2D eigenvalue weighted by Crippen LogP contribution is -2.30. The molecule has 0 heterocycles. The Morgan fingerprint density at radius 1 is 1.29 bits per heavy atom. The zero-order valence-electron chi connectivity index (χ0n) is 12.5. The summed E-state index contributed by atoms with van der Waals surface area (Å²) in [5.41, 5.74) is 7.09. The Balaban J connectivity index is 2.63. The molecule has 6 heteroatoms. The summed E-state index contributed by atoms with van der Waals surface area (Å²) in [6, 6.07) is 7.46. The molecule has 0 saturated heterocycles. The summed E-state index contributed by atoms with van der Waals surface area (Å²) in [7, 11) is -1.72. The maximum absolute atomic E-state index is 12.0. The Labute approximate surface area is 127 Å². The highest BCUT2D eigenvalue weighted by molar-refractivity contribution is 7.89. The standard InChI is InChI=1S/C15H22N2O3S/c1-3-20-11-12-21(18,19)17(2)13-15-8-6-14(7-9-15)5-4-10-16/h6-9H,3,10-13,16H2,1-2H3. The van der Waals surface area contributed by atoms with Crippen molar-refractivity contribution in [3.8, 4) is 11.8 Å². The largest absolute Gasteiger partial charge is 0.381 e. The maximum Gasteiger partial charge on any atom is 0.216 e. The first kappa shape index (κ1) is 17.7. The lowest BCUT2D eigenvalue weighted by molar-refractivity contribution is 0.162. The van der Waals surface area contributed by atoms with Crippen LogP contribution in [0.1, 0.15) is 18.1 Å². The Morgan fingerprint density at radius 3 is 2.52 bits per heavy atom. The molecule has 0 atom stereocenters. The molecule has 0 spiro atoms. The van der Waals surface area contributed by atoms with E-state index in [0.29, 0.717) is 19.7 Å². The number of sulfonamides is 1. The van der Waals surface area contributed by atoms with Gasteiger partial charge in [-0.15, -0.1) is 0 Å². The van der Waals surface area contributed by atoms with Crippen molar-refractivity contribution < 1.29 is 13.2 Å². The molecule has 21 heavy (non-hydrogen) atoms. The van der Waals surface area contributed by atoms with Crippen molar-refractivity contribution in [3.05, 3.63) is 35.4 Å². The van der Waals surface area contributed by atoms with Gasteiger partial charge in [-0.05, 0) is 24.6 Å². The molecule has 0 radical (unpaired) electrons. The molecular weight excluding hydrogens is 288 g/mol. The first-order valence-electron chi connectivity index (χ1n) is 6.79. The fraction of sp³-hybridized carbons (Fsp3) is 0.467. The smallest absolute Gasteiger partial charge is 0.216 e. The molecule has 0 saturated carbocycles. The van der Waals surface area contributed by atoms with Crippen LogP contribution in [0.3, 0.4) is 0 Å². The van der Waals surface area contributed by atoms with Gasteiger partial charge in [0.15, 0.2) is 0 Å². The summed E-state index contributed by atoms with van der Waals surface area (Å²) in [4.78, 5) is 0. The van der Waals surface area contributed by atoms with E-state index in [2.05, 4.69) is 11.8 Å². The minimum absolute atomic E-state index is 0.00258. The predicted molar refractivity (Wildman–Crippen MR) is 84.1 cm³/mol. The van der Waals surface area contributed by atoms with Gasteiger partial charge in [0.25, 0.3) is 0 Å². The van der Waals surface area contributed by atoms with Crippen LogP contribution in [0.25, 0.3) is 0 Å². The third-order valence-corrected chi connectivity index (χ3v) is 4.62. The van der Waals surface area contributed by atoms with Crippen LogP contribution in [0.2, 0.25) is 0 Å². The zero-order chi connectivity index (χ0) is 15.7. The molecule has 0 fully saturated rings. The molecule has 116 valence electrons. The Morgan fingerprint density at radius 2 is 1.95 bits per heavy atom. The van der Waals surface area contributed by atoms with Gasteiger partial charge < -0.3 is 10.5 Å². The molecule has 0 aliphatic carbocycles.